The van der Waals surface area contributed by atoms with Gasteiger partial charge in [0.1, 0.15) is 5.41 Å². The molecule has 1 saturated carbocycles. The SMILES string of the molecule is CCN(Cc1ccccn1)C(=O)C1(/C(N)=N/O)CCC1. The number of carbonyl (C=O) groups excluding carboxylic acids is 1. The Hall–Kier alpha value is -2.11. The van der Waals surface area contributed by atoms with E-state index >= 15 is 0 Å². The average molecular weight is 276 g/mol. The molecule has 1 aliphatic carbocycles. The Kier molecular flexibility index (Phi) is 4.22. The van der Waals surface area contributed by atoms with Gasteiger partial charge in [0, 0.05) is 12.7 Å². The van der Waals surface area contributed by atoms with Crippen LogP contribution in [0.25, 0.3) is 0 Å². The van der Waals surface area contributed by atoms with E-state index in [1.54, 1.807) is 11.1 Å². The summed E-state index contributed by atoms with van der Waals surface area (Å²) in [6.45, 7) is 2.92. The van der Waals surface area contributed by atoms with E-state index in [2.05, 4.69) is 10.1 Å². The molecule has 20 heavy (non-hydrogen) atoms. The van der Waals surface area contributed by atoms with Gasteiger partial charge in [-0.1, -0.05) is 17.6 Å². The minimum atomic E-state index is -0.820. The standard InChI is InChI=1S/C14H20N4O2/c1-2-18(10-11-6-3-4-9-16-11)13(19)14(7-5-8-14)12(15)17-20/h3-4,6,9,20H,2,5,7-8,10H2,1H3,(H2,15,17). The van der Waals surface area contributed by atoms with E-state index in [1.165, 1.54) is 0 Å². The van der Waals surface area contributed by atoms with Crippen molar-refractivity contribution in [3.63, 3.8) is 0 Å². The fraction of sp³-hybridized carbons (Fsp3) is 0.500. The van der Waals surface area contributed by atoms with E-state index in [4.69, 9.17) is 10.9 Å². The minimum absolute atomic E-state index is 0.0215. The van der Waals surface area contributed by atoms with Gasteiger partial charge in [0.05, 0.1) is 12.2 Å². The highest BCUT2D eigenvalue weighted by molar-refractivity contribution is 6.07. The van der Waals surface area contributed by atoms with Crippen molar-refractivity contribution < 1.29 is 10.0 Å². The van der Waals surface area contributed by atoms with Crippen molar-refractivity contribution in [2.45, 2.75) is 32.7 Å². The molecule has 2 rings (SSSR count). The predicted molar refractivity (Wildman–Crippen MR) is 75.0 cm³/mol. The average Bonchev–Trinajstić information content (AvgIpc) is 2.44. The first-order chi connectivity index (χ1) is 9.64. The molecule has 1 amide bonds. The maximum atomic E-state index is 12.7. The van der Waals surface area contributed by atoms with Crippen molar-refractivity contribution in [1.82, 2.24) is 9.88 Å². The Morgan fingerprint density at radius 3 is 2.75 bits per heavy atom. The van der Waals surface area contributed by atoms with Crippen LogP contribution in [-0.2, 0) is 11.3 Å². The van der Waals surface area contributed by atoms with Crippen LogP contribution < -0.4 is 5.73 Å². The lowest BCUT2D eigenvalue weighted by molar-refractivity contribution is -0.142. The summed E-state index contributed by atoms with van der Waals surface area (Å²) in [5, 5.41) is 12.0. The molecule has 3 N–H and O–H groups in total. The van der Waals surface area contributed by atoms with Crippen LogP contribution in [0.5, 0.6) is 0 Å². The van der Waals surface area contributed by atoms with E-state index in [0.717, 1.165) is 12.1 Å². The first kappa shape index (κ1) is 14.3. The Bertz CT molecular complexity index is 497. The van der Waals surface area contributed by atoms with Crippen molar-refractivity contribution >= 4 is 11.7 Å². The normalized spacial score (nSPS) is 17.4. The zero-order valence-electron chi connectivity index (χ0n) is 11.6. The zero-order chi connectivity index (χ0) is 14.6. The molecule has 1 aliphatic rings. The second kappa shape index (κ2) is 5.90. The summed E-state index contributed by atoms with van der Waals surface area (Å²) in [4.78, 5) is 18.7. The zero-order valence-corrected chi connectivity index (χ0v) is 11.6. The Labute approximate surface area is 118 Å². The maximum Gasteiger partial charge on any atom is 0.236 e. The van der Waals surface area contributed by atoms with Crippen LogP contribution >= 0.6 is 0 Å². The molecule has 0 aromatic carbocycles. The molecule has 6 nitrogen and oxygen atoms in total. The molecule has 0 saturated heterocycles. The van der Waals surface area contributed by atoms with Crippen LogP contribution in [-0.4, -0.2) is 33.4 Å². The summed E-state index contributed by atoms with van der Waals surface area (Å²) in [6, 6.07) is 5.61. The van der Waals surface area contributed by atoms with Crippen LogP contribution in [0.4, 0.5) is 0 Å². The summed E-state index contributed by atoms with van der Waals surface area (Å²) in [7, 11) is 0. The van der Waals surface area contributed by atoms with Gasteiger partial charge in [-0.05, 0) is 31.9 Å². The van der Waals surface area contributed by atoms with Gasteiger partial charge in [-0.3, -0.25) is 9.78 Å². The van der Waals surface area contributed by atoms with E-state index in [9.17, 15) is 4.79 Å². The topological polar surface area (TPSA) is 91.8 Å². The van der Waals surface area contributed by atoms with Crippen LogP contribution in [0.15, 0.2) is 29.6 Å². The highest BCUT2D eigenvalue weighted by Gasteiger charge is 2.50. The Morgan fingerprint density at radius 1 is 1.55 bits per heavy atom. The van der Waals surface area contributed by atoms with E-state index in [1.807, 2.05) is 25.1 Å². The third-order valence-electron chi connectivity index (χ3n) is 3.96. The fourth-order valence-corrected chi connectivity index (χ4v) is 2.52. The third-order valence-corrected chi connectivity index (χ3v) is 3.96. The molecule has 6 heteroatoms. The van der Waals surface area contributed by atoms with Gasteiger partial charge < -0.3 is 15.8 Å². The molecule has 0 atom stereocenters. The molecule has 0 bridgehead atoms. The van der Waals surface area contributed by atoms with E-state index < -0.39 is 5.41 Å². The van der Waals surface area contributed by atoms with Crippen molar-refractivity contribution in [3.8, 4) is 0 Å². The van der Waals surface area contributed by atoms with Gasteiger partial charge in [-0.2, -0.15) is 0 Å². The molecule has 0 spiro atoms. The molecule has 108 valence electrons. The monoisotopic (exact) mass is 276 g/mol. The predicted octanol–water partition coefficient (Wildman–Crippen LogP) is 1.35. The van der Waals surface area contributed by atoms with Gasteiger partial charge in [0.2, 0.25) is 5.91 Å². The first-order valence-electron chi connectivity index (χ1n) is 6.81. The van der Waals surface area contributed by atoms with Crippen molar-refractivity contribution in [2.24, 2.45) is 16.3 Å². The number of nitrogens with two attached hydrogens (primary N) is 1. The number of nitrogens with zero attached hydrogens (tertiary/aromatic N) is 3. The second-order valence-electron chi connectivity index (χ2n) is 5.06. The molecule has 1 fully saturated rings. The minimum Gasteiger partial charge on any atom is -0.409 e. The summed E-state index contributed by atoms with van der Waals surface area (Å²) in [5.41, 5.74) is 5.75. The first-order valence-corrected chi connectivity index (χ1v) is 6.81. The number of aromatic nitrogens is 1. The van der Waals surface area contributed by atoms with Gasteiger partial charge in [-0.25, -0.2) is 0 Å². The highest BCUT2D eigenvalue weighted by Crippen LogP contribution is 2.43. The van der Waals surface area contributed by atoms with Crippen molar-refractivity contribution in [1.29, 1.82) is 0 Å². The Balaban J connectivity index is 2.17. The number of oxime groups is 1. The summed E-state index contributed by atoms with van der Waals surface area (Å²) >= 11 is 0. The lowest BCUT2D eigenvalue weighted by Crippen LogP contribution is -2.55. The number of hydrogen-bond acceptors (Lipinski definition) is 4. The summed E-state index contributed by atoms with van der Waals surface area (Å²) in [5.74, 6) is -0.0552. The maximum absolute atomic E-state index is 12.7. The van der Waals surface area contributed by atoms with Crippen LogP contribution in [0.3, 0.4) is 0 Å². The molecule has 1 heterocycles. The molecule has 0 unspecified atom stereocenters. The van der Waals surface area contributed by atoms with Gasteiger partial charge in [-0.15, -0.1) is 0 Å². The molecule has 0 radical (unpaired) electrons. The van der Waals surface area contributed by atoms with E-state index in [-0.39, 0.29) is 11.7 Å². The molecular weight excluding hydrogens is 256 g/mol. The highest BCUT2D eigenvalue weighted by atomic mass is 16.4. The van der Waals surface area contributed by atoms with Crippen molar-refractivity contribution in [2.75, 3.05) is 6.54 Å². The van der Waals surface area contributed by atoms with Crippen LogP contribution in [0.2, 0.25) is 0 Å². The van der Waals surface area contributed by atoms with Gasteiger partial charge in [0.15, 0.2) is 5.84 Å². The lowest BCUT2D eigenvalue weighted by Gasteiger charge is -2.42. The third kappa shape index (κ3) is 2.45. The van der Waals surface area contributed by atoms with E-state index in [0.29, 0.717) is 25.9 Å². The second-order valence-corrected chi connectivity index (χ2v) is 5.06. The molecule has 0 aliphatic heterocycles. The molecular formula is C14H20N4O2. The molecule has 1 aromatic heterocycles. The van der Waals surface area contributed by atoms with Crippen LogP contribution in [0.1, 0.15) is 31.9 Å². The number of amidine groups is 1. The van der Waals surface area contributed by atoms with Gasteiger partial charge >= 0.3 is 0 Å². The number of pyridine rings is 1. The number of rotatable bonds is 5. The summed E-state index contributed by atoms with van der Waals surface area (Å²) < 4.78 is 0. The van der Waals surface area contributed by atoms with Crippen LogP contribution in [0, 0.1) is 5.41 Å². The number of hydrogen-bond donors (Lipinski definition) is 2. The summed E-state index contributed by atoms with van der Waals surface area (Å²) in [6.07, 6.45) is 3.90. The molecule has 1 aromatic rings. The largest absolute Gasteiger partial charge is 0.409 e. The number of carbonyl (C=O) groups is 1. The van der Waals surface area contributed by atoms with Crippen molar-refractivity contribution in [3.05, 3.63) is 30.1 Å². The van der Waals surface area contributed by atoms with Gasteiger partial charge in [0.25, 0.3) is 0 Å². The quantitative estimate of drug-likeness (QED) is 0.367. The lowest BCUT2D eigenvalue weighted by atomic mass is 9.67. The smallest absolute Gasteiger partial charge is 0.236 e. The fourth-order valence-electron chi connectivity index (χ4n) is 2.52. The Morgan fingerprint density at radius 2 is 2.30 bits per heavy atom. The number of amides is 1.